The van der Waals surface area contributed by atoms with Gasteiger partial charge in [0.2, 0.25) is 0 Å². The lowest BCUT2D eigenvalue weighted by molar-refractivity contribution is 1.13. The van der Waals surface area contributed by atoms with E-state index in [0.717, 1.165) is 0 Å². The molecule has 0 atom stereocenters. The molecule has 0 aliphatic heterocycles. The Morgan fingerprint density at radius 1 is 0.667 bits per heavy atom. The third kappa shape index (κ3) is 2.98. The number of hydrogen-bond acceptors (Lipinski definition) is 0. The van der Waals surface area contributed by atoms with Crippen LogP contribution < -0.4 is 0 Å². The number of aromatic nitrogens is 1. The molecule has 120 valence electrons. The van der Waals surface area contributed by atoms with Crippen molar-refractivity contribution in [2.75, 3.05) is 0 Å². The zero-order chi connectivity index (χ0) is 16.9. The van der Waals surface area contributed by atoms with Gasteiger partial charge < -0.3 is 4.57 Å². The monoisotopic (exact) mass is 313 g/mol. The number of aryl methyl sites for hydroxylation is 1. The van der Waals surface area contributed by atoms with Crippen LogP contribution in [0.2, 0.25) is 0 Å². The van der Waals surface area contributed by atoms with Gasteiger partial charge in [-0.3, -0.25) is 0 Å². The number of rotatable bonds is 2. The predicted molar refractivity (Wildman–Crippen MR) is 105 cm³/mol. The maximum atomic E-state index is 2.34. The van der Waals surface area contributed by atoms with Crippen LogP contribution in [0.4, 0.5) is 0 Å². The Hall–Kier alpha value is -2.80. The first kappa shape index (κ1) is 16.1. The van der Waals surface area contributed by atoms with E-state index < -0.39 is 0 Å². The highest BCUT2D eigenvalue weighted by atomic mass is 15.0. The second-order valence-electron chi connectivity index (χ2n) is 5.63. The minimum Gasteiger partial charge on any atom is -0.309 e. The molecule has 0 spiro atoms. The smallest absolute Gasteiger partial charge is 0.0540 e. The van der Waals surface area contributed by atoms with Gasteiger partial charge in [-0.15, -0.1) is 0 Å². The van der Waals surface area contributed by atoms with Crippen molar-refractivity contribution in [3.05, 3.63) is 90.5 Å². The topological polar surface area (TPSA) is 4.93 Å². The van der Waals surface area contributed by atoms with Crippen LogP contribution in [0.3, 0.4) is 0 Å². The van der Waals surface area contributed by atoms with Gasteiger partial charge in [0, 0.05) is 11.1 Å². The summed E-state index contributed by atoms with van der Waals surface area (Å²) in [5.41, 5.74) is 6.19. The summed E-state index contributed by atoms with van der Waals surface area (Å²) in [6.07, 6.45) is 0. The Bertz CT molecular complexity index is 933. The maximum Gasteiger partial charge on any atom is 0.0540 e. The fraction of sp³-hybridized carbons (Fsp3) is 0.130. The Kier molecular flexibility index (Phi) is 4.81. The van der Waals surface area contributed by atoms with Crippen molar-refractivity contribution in [1.82, 2.24) is 4.57 Å². The molecule has 0 bridgehead atoms. The summed E-state index contributed by atoms with van der Waals surface area (Å²) in [4.78, 5) is 0. The maximum absolute atomic E-state index is 2.34. The van der Waals surface area contributed by atoms with Crippen LogP contribution >= 0.6 is 0 Å². The number of fused-ring (bicyclic) bond motifs is 1. The van der Waals surface area contributed by atoms with Gasteiger partial charge in [0.25, 0.3) is 0 Å². The minimum atomic E-state index is 1.21. The van der Waals surface area contributed by atoms with Gasteiger partial charge >= 0.3 is 0 Å². The molecule has 1 heterocycles. The highest BCUT2D eigenvalue weighted by Gasteiger charge is 2.11. The van der Waals surface area contributed by atoms with Crippen molar-refractivity contribution in [3.63, 3.8) is 0 Å². The summed E-state index contributed by atoms with van der Waals surface area (Å²) < 4.78 is 2.34. The minimum absolute atomic E-state index is 1.21. The summed E-state index contributed by atoms with van der Waals surface area (Å²) >= 11 is 0. The molecule has 0 unspecified atom stereocenters. The number of nitrogens with zero attached hydrogens (tertiary/aromatic N) is 1. The molecule has 24 heavy (non-hydrogen) atoms. The Labute approximate surface area is 144 Å². The van der Waals surface area contributed by atoms with Gasteiger partial charge in [-0.2, -0.15) is 0 Å². The standard InChI is InChI=1S/C21H17N.C2H6/c1-16-8-7-12-19(14-16)22-20-13-6-5-11-18(20)15-21(22)17-9-3-2-4-10-17;1-2/h2-15H,1H3;1-2H3. The van der Waals surface area contributed by atoms with Gasteiger partial charge in [-0.1, -0.05) is 74.5 Å². The second-order valence-corrected chi connectivity index (χ2v) is 5.63. The average molecular weight is 313 g/mol. The fourth-order valence-electron chi connectivity index (χ4n) is 3.02. The van der Waals surface area contributed by atoms with E-state index in [4.69, 9.17) is 0 Å². The molecule has 0 fully saturated rings. The summed E-state index contributed by atoms with van der Waals surface area (Å²) in [5.74, 6) is 0. The molecule has 1 aromatic heterocycles. The van der Waals surface area contributed by atoms with E-state index in [-0.39, 0.29) is 0 Å². The van der Waals surface area contributed by atoms with E-state index in [1.807, 2.05) is 13.8 Å². The number of benzene rings is 3. The molecule has 3 aromatic carbocycles. The second kappa shape index (κ2) is 7.18. The molecule has 0 radical (unpaired) electrons. The van der Waals surface area contributed by atoms with Crippen molar-refractivity contribution in [3.8, 4) is 16.9 Å². The molecule has 0 saturated heterocycles. The quantitative estimate of drug-likeness (QED) is 0.391. The molecule has 0 aliphatic rings. The van der Waals surface area contributed by atoms with E-state index in [9.17, 15) is 0 Å². The largest absolute Gasteiger partial charge is 0.309 e. The lowest BCUT2D eigenvalue weighted by atomic mass is 10.1. The van der Waals surface area contributed by atoms with E-state index >= 15 is 0 Å². The summed E-state index contributed by atoms with van der Waals surface area (Å²) in [6.45, 7) is 6.14. The van der Waals surface area contributed by atoms with Crippen molar-refractivity contribution in [2.45, 2.75) is 20.8 Å². The molecule has 0 amide bonds. The third-order valence-electron chi connectivity index (χ3n) is 4.04. The molecule has 0 aliphatic carbocycles. The first-order chi connectivity index (χ1) is 11.8. The van der Waals surface area contributed by atoms with Crippen LogP contribution in [0.1, 0.15) is 19.4 Å². The van der Waals surface area contributed by atoms with E-state index in [1.165, 1.54) is 33.4 Å². The zero-order valence-electron chi connectivity index (χ0n) is 14.5. The predicted octanol–water partition coefficient (Wildman–Crippen LogP) is 6.63. The van der Waals surface area contributed by atoms with Crippen molar-refractivity contribution < 1.29 is 0 Å². The van der Waals surface area contributed by atoms with E-state index in [1.54, 1.807) is 0 Å². The zero-order valence-corrected chi connectivity index (χ0v) is 14.5. The van der Waals surface area contributed by atoms with Crippen molar-refractivity contribution >= 4 is 10.9 Å². The van der Waals surface area contributed by atoms with Gasteiger partial charge in [-0.05, 0) is 42.3 Å². The Morgan fingerprint density at radius 3 is 2.12 bits per heavy atom. The Balaban J connectivity index is 0.000000815. The van der Waals surface area contributed by atoms with E-state index in [0.29, 0.717) is 0 Å². The summed E-state index contributed by atoms with van der Waals surface area (Å²) in [6, 6.07) is 30.1. The lowest BCUT2D eigenvalue weighted by Gasteiger charge is -2.12. The molecule has 1 nitrogen and oxygen atoms in total. The van der Waals surface area contributed by atoms with Crippen LogP contribution in [-0.2, 0) is 0 Å². The average Bonchev–Trinajstić information content (AvgIpc) is 3.04. The third-order valence-corrected chi connectivity index (χ3v) is 4.04. The van der Waals surface area contributed by atoms with Crippen LogP contribution in [0, 0.1) is 6.92 Å². The van der Waals surface area contributed by atoms with Crippen molar-refractivity contribution in [1.29, 1.82) is 0 Å². The van der Waals surface area contributed by atoms with Gasteiger partial charge in [-0.25, -0.2) is 0 Å². The van der Waals surface area contributed by atoms with Crippen molar-refractivity contribution in [2.24, 2.45) is 0 Å². The normalized spacial score (nSPS) is 10.3. The van der Waals surface area contributed by atoms with Crippen LogP contribution in [0.25, 0.3) is 27.8 Å². The summed E-state index contributed by atoms with van der Waals surface area (Å²) in [7, 11) is 0. The molecule has 4 aromatic rings. The fourth-order valence-corrected chi connectivity index (χ4v) is 3.02. The highest BCUT2D eigenvalue weighted by Crippen LogP contribution is 2.31. The first-order valence-corrected chi connectivity index (χ1v) is 8.56. The molecule has 0 saturated carbocycles. The van der Waals surface area contributed by atoms with Crippen LogP contribution in [0.5, 0.6) is 0 Å². The number of hydrogen-bond donors (Lipinski definition) is 0. The van der Waals surface area contributed by atoms with Crippen LogP contribution in [-0.4, -0.2) is 4.57 Å². The first-order valence-electron chi connectivity index (χ1n) is 8.56. The molecule has 0 N–H and O–H groups in total. The van der Waals surface area contributed by atoms with E-state index in [2.05, 4.69) is 96.4 Å². The molecule has 4 rings (SSSR count). The molecular weight excluding hydrogens is 290 g/mol. The Morgan fingerprint density at radius 2 is 1.38 bits per heavy atom. The van der Waals surface area contributed by atoms with Gasteiger partial charge in [0.05, 0.1) is 11.2 Å². The SMILES string of the molecule is CC.Cc1cccc(-n2c(-c3ccccc3)cc3ccccc32)c1. The highest BCUT2D eigenvalue weighted by molar-refractivity contribution is 5.89. The molecule has 1 heteroatoms. The summed E-state index contributed by atoms with van der Waals surface area (Å²) in [5, 5.41) is 1.27. The van der Waals surface area contributed by atoms with Crippen LogP contribution in [0.15, 0.2) is 84.9 Å². The number of para-hydroxylation sites is 1. The van der Waals surface area contributed by atoms with Gasteiger partial charge in [0.1, 0.15) is 0 Å². The van der Waals surface area contributed by atoms with Gasteiger partial charge in [0.15, 0.2) is 0 Å². The molecular formula is C23H23N. The lowest BCUT2D eigenvalue weighted by Crippen LogP contribution is -1.96.